The molecule has 1 aromatic carbocycles. The Morgan fingerprint density at radius 1 is 1.35 bits per heavy atom. The number of carbonyl (C=O) groups is 2. The molecule has 1 saturated heterocycles. The van der Waals surface area contributed by atoms with Crippen molar-refractivity contribution in [2.24, 2.45) is 5.41 Å². The number of benzene rings is 1. The fraction of sp³-hybridized carbons (Fsp3) is 0.333. The van der Waals surface area contributed by atoms with Crippen LogP contribution in [0.25, 0.3) is 0 Å². The van der Waals surface area contributed by atoms with Crippen molar-refractivity contribution in [3.63, 3.8) is 0 Å². The summed E-state index contributed by atoms with van der Waals surface area (Å²) in [4.78, 5) is 26.0. The molecule has 1 aliphatic carbocycles. The van der Waals surface area contributed by atoms with Crippen LogP contribution in [0.5, 0.6) is 0 Å². The fourth-order valence-corrected chi connectivity index (χ4v) is 3.22. The summed E-state index contributed by atoms with van der Waals surface area (Å²) in [6.07, 6.45) is 6.72. The molecule has 3 unspecified atom stereocenters. The highest BCUT2D eigenvalue weighted by Gasteiger charge is 2.51. The van der Waals surface area contributed by atoms with E-state index in [1.807, 2.05) is 42.5 Å². The van der Waals surface area contributed by atoms with Gasteiger partial charge >= 0.3 is 5.97 Å². The molecule has 1 N–H and O–H groups in total. The van der Waals surface area contributed by atoms with Crippen LogP contribution in [0.1, 0.15) is 18.0 Å². The van der Waals surface area contributed by atoms with Gasteiger partial charge in [-0.25, -0.2) is 0 Å². The molecule has 5 heteroatoms. The Morgan fingerprint density at radius 3 is 2.70 bits per heavy atom. The lowest BCUT2D eigenvalue weighted by molar-refractivity contribution is -0.173. The number of methoxy groups -OCH3 is 1. The highest BCUT2D eigenvalue weighted by molar-refractivity contribution is 5.90. The van der Waals surface area contributed by atoms with Gasteiger partial charge in [0.05, 0.1) is 13.2 Å². The number of amides is 1. The smallest absolute Gasteiger partial charge is 0.317 e. The first-order chi connectivity index (χ1) is 11.1. The van der Waals surface area contributed by atoms with Gasteiger partial charge < -0.3 is 14.7 Å². The van der Waals surface area contributed by atoms with E-state index in [0.717, 1.165) is 5.56 Å². The van der Waals surface area contributed by atoms with Gasteiger partial charge in [-0.15, -0.1) is 0 Å². The van der Waals surface area contributed by atoms with Crippen molar-refractivity contribution < 1.29 is 19.4 Å². The normalized spacial score (nSPS) is 29.3. The highest BCUT2D eigenvalue weighted by atomic mass is 16.5. The molecule has 1 heterocycles. The monoisotopic (exact) mass is 313 g/mol. The van der Waals surface area contributed by atoms with E-state index < -0.39 is 17.6 Å². The number of likely N-dealkylation sites (tertiary alicyclic amines) is 1. The number of carbonyl (C=O) groups excluding carboxylic acids is 2. The van der Waals surface area contributed by atoms with Gasteiger partial charge in [0, 0.05) is 6.54 Å². The SMILES string of the molecule is COC(=O)C1(CN2C(=O)C(O)C2c2ccccc2)C=CC=CC1. The summed E-state index contributed by atoms with van der Waals surface area (Å²) in [6, 6.07) is 8.92. The zero-order valence-electron chi connectivity index (χ0n) is 12.9. The minimum atomic E-state index is -1.06. The Hall–Kier alpha value is -2.40. The molecule has 1 amide bonds. The van der Waals surface area contributed by atoms with Crippen molar-refractivity contribution in [1.29, 1.82) is 0 Å². The third-order valence-electron chi connectivity index (χ3n) is 4.50. The summed E-state index contributed by atoms with van der Waals surface area (Å²) >= 11 is 0. The molecule has 23 heavy (non-hydrogen) atoms. The van der Waals surface area contributed by atoms with Crippen molar-refractivity contribution in [2.45, 2.75) is 18.6 Å². The number of allylic oxidation sites excluding steroid dienone is 3. The van der Waals surface area contributed by atoms with Crippen LogP contribution in [0.4, 0.5) is 0 Å². The molecule has 0 radical (unpaired) electrons. The lowest BCUT2D eigenvalue weighted by atomic mass is 9.78. The summed E-state index contributed by atoms with van der Waals surface area (Å²) in [5.74, 6) is -0.732. The molecule has 2 aliphatic rings. The molecule has 0 bridgehead atoms. The molecule has 1 aliphatic heterocycles. The van der Waals surface area contributed by atoms with Crippen LogP contribution in [0, 0.1) is 5.41 Å². The topological polar surface area (TPSA) is 66.8 Å². The first-order valence-electron chi connectivity index (χ1n) is 7.55. The molecule has 0 aromatic heterocycles. The second kappa shape index (κ2) is 6.01. The summed E-state index contributed by atoms with van der Waals surface area (Å²) in [5.41, 5.74) is -0.0401. The van der Waals surface area contributed by atoms with Gasteiger partial charge in [0.25, 0.3) is 5.91 Å². The lowest BCUT2D eigenvalue weighted by Gasteiger charge is -2.48. The fourth-order valence-electron chi connectivity index (χ4n) is 3.22. The van der Waals surface area contributed by atoms with Crippen molar-refractivity contribution in [1.82, 2.24) is 4.90 Å². The number of hydrogen-bond acceptors (Lipinski definition) is 4. The van der Waals surface area contributed by atoms with E-state index in [1.54, 1.807) is 17.1 Å². The molecule has 120 valence electrons. The maximum absolute atomic E-state index is 12.3. The molecule has 0 saturated carbocycles. The first-order valence-corrected chi connectivity index (χ1v) is 7.55. The third kappa shape index (κ3) is 2.57. The third-order valence-corrected chi connectivity index (χ3v) is 4.50. The predicted octanol–water partition coefficient (Wildman–Crippen LogP) is 1.61. The number of esters is 1. The number of hydrogen-bond donors (Lipinski definition) is 1. The van der Waals surface area contributed by atoms with Crippen LogP contribution in [-0.4, -0.2) is 41.6 Å². The molecule has 3 atom stereocenters. The Bertz CT molecular complexity index is 667. The van der Waals surface area contributed by atoms with Crippen molar-refractivity contribution in [2.75, 3.05) is 13.7 Å². The quantitative estimate of drug-likeness (QED) is 0.677. The van der Waals surface area contributed by atoms with Crippen molar-refractivity contribution >= 4 is 11.9 Å². The van der Waals surface area contributed by atoms with Gasteiger partial charge in [-0.1, -0.05) is 54.6 Å². The number of aliphatic hydroxyl groups excluding tert-OH is 1. The van der Waals surface area contributed by atoms with Crippen LogP contribution >= 0.6 is 0 Å². The maximum Gasteiger partial charge on any atom is 0.317 e. The second-order valence-corrected chi connectivity index (χ2v) is 5.91. The van der Waals surface area contributed by atoms with Crippen molar-refractivity contribution in [3.05, 3.63) is 60.2 Å². The van der Waals surface area contributed by atoms with Crippen LogP contribution in [-0.2, 0) is 14.3 Å². The van der Waals surface area contributed by atoms with Gasteiger partial charge in [-0.05, 0) is 12.0 Å². The van der Waals surface area contributed by atoms with E-state index in [9.17, 15) is 14.7 Å². The largest absolute Gasteiger partial charge is 0.468 e. The highest BCUT2D eigenvalue weighted by Crippen LogP contribution is 2.40. The van der Waals surface area contributed by atoms with Crippen molar-refractivity contribution in [3.8, 4) is 0 Å². The first kappa shape index (κ1) is 15.5. The van der Waals surface area contributed by atoms with E-state index in [4.69, 9.17) is 4.74 Å². The van der Waals surface area contributed by atoms with E-state index >= 15 is 0 Å². The number of ether oxygens (including phenoxy) is 1. The zero-order valence-corrected chi connectivity index (χ0v) is 12.9. The van der Waals surface area contributed by atoms with Gasteiger partial charge in [0.2, 0.25) is 0 Å². The average molecular weight is 313 g/mol. The Kier molecular flexibility index (Phi) is 4.05. The van der Waals surface area contributed by atoms with Gasteiger partial charge in [0.1, 0.15) is 5.41 Å². The number of nitrogens with zero attached hydrogens (tertiary/aromatic N) is 1. The van der Waals surface area contributed by atoms with Crippen LogP contribution in [0.3, 0.4) is 0 Å². The molecular weight excluding hydrogens is 294 g/mol. The summed E-state index contributed by atoms with van der Waals surface area (Å²) < 4.78 is 4.94. The Balaban J connectivity index is 1.87. The zero-order chi connectivity index (χ0) is 16.4. The van der Waals surface area contributed by atoms with Gasteiger partial charge in [-0.3, -0.25) is 9.59 Å². The lowest BCUT2D eigenvalue weighted by Crippen LogP contribution is -2.62. The van der Waals surface area contributed by atoms with E-state index in [1.165, 1.54) is 7.11 Å². The molecule has 1 fully saturated rings. The summed E-state index contributed by atoms with van der Waals surface area (Å²) in [5, 5.41) is 10.1. The summed E-state index contributed by atoms with van der Waals surface area (Å²) in [7, 11) is 1.34. The van der Waals surface area contributed by atoms with Crippen LogP contribution in [0.2, 0.25) is 0 Å². The van der Waals surface area contributed by atoms with E-state index in [0.29, 0.717) is 6.42 Å². The minimum absolute atomic E-state index is 0.190. The Labute approximate surface area is 134 Å². The molecule has 3 rings (SSSR count). The summed E-state index contributed by atoms with van der Waals surface area (Å²) in [6.45, 7) is 0.190. The van der Waals surface area contributed by atoms with Crippen LogP contribution in [0.15, 0.2) is 54.6 Å². The number of β-lactam (4-membered cyclic amide) rings is 1. The van der Waals surface area contributed by atoms with Gasteiger partial charge in [-0.2, -0.15) is 0 Å². The molecule has 0 spiro atoms. The predicted molar refractivity (Wildman–Crippen MR) is 84.2 cm³/mol. The van der Waals surface area contributed by atoms with Gasteiger partial charge in [0.15, 0.2) is 6.10 Å². The molecule has 5 nitrogen and oxygen atoms in total. The minimum Gasteiger partial charge on any atom is -0.468 e. The Morgan fingerprint density at radius 2 is 2.09 bits per heavy atom. The molecule has 1 aromatic rings. The van der Waals surface area contributed by atoms with Crippen LogP contribution < -0.4 is 0 Å². The standard InChI is InChI=1S/C18H19NO4/c1-23-17(22)18(10-6-3-7-11-18)12-19-14(15(20)16(19)21)13-8-4-2-5-9-13/h2-10,14-15,20H,11-12H2,1H3. The van der Waals surface area contributed by atoms with E-state index in [-0.39, 0.29) is 18.4 Å². The maximum atomic E-state index is 12.3. The second-order valence-electron chi connectivity index (χ2n) is 5.91. The van der Waals surface area contributed by atoms with E-state index in [2.05, 4.69) is 0 Å². The number of aliphatic hydroxyl groups is 1. The molecular formula is C18H19NO4. The average Bonchev–Trinajstić information content (AvgIpc) is 2.61. The number of rotatable bonds is 4.